The molecular formula is C19H17N5O4S. The summed E-state index contributed by atoms with van der Waals surface area (Å²) >= 11 is 0. The van der Waals surface area contributed by atoms with Crippen molar-refractivity contribution in [2.45, 2.75) is 18.7 Å². The summed E-state index contributed by atoms with van der Waals surface area (Å²) in [6.45, 7) is 9.91. The first-order chi connectivity index (χ1) is 13.7. The molecule has 0 aliphatic heterocycles. The average molecular weight is 411 g/mol. The second-order valence-electron chi connectivity index (χ2n) is 6.27. The lowest BCUT2D eigenvalue weighted by Crippen LogP contribution is -2.28. The van der Waals surface area contributed by atoms with E-state index in [0.29, 0.717) is 22.5 Å². The van der Waals surface area contributed by atoms with Crippen molar-refractivity contribution in [3.8, 4) is 16.9 Å². The van der Waals surface area contributed by atoms with E-state index in [1.807, 2.05) is 4.72 Å². The van der Waals surface area contributed by atoms with Crippen molar-refractivity contribution in [1.29, 1.82) is 0 Å². The van der Waals surface area contributed by atoms with Crippen LogP contribution in [0.3, 0.4) is 0 Å². The van der Waals surface area contributed by atoms with E-state index in [9.17, 15) is 18.0 Å². The molecular weight excluding hydrogens is 394 g/mol. The summed E-state index contributed by atoms with van der Waals surface area (Å²) in [6, 6.07) is 9.35. The van der Waals surface area contributed by atoms with Crippen molar-refractivity contribution in [3.63, 3.8) is 0 Å². The van der Waals surface area contributed by atoms with E-state index in [2.05, 4.69) is 9.83 Å². The Morgan fingerprint density at radius 3 is 2.34 bits per heavy atom. The van der Waals surface area contributed by atoms with Crippen LogP contribution in [-0.4, -0.2) is 28.7 Å². The van der Waals surface area contributed by atoms with Crippen LogP contribution < -0.4 is 10.3 Å². The highest BCUT2D eigenvalue weighted by atomic mass is 32.2. The van der Waals surface area contributed by atoms with Crippen LogP contribution in [0.5, 0.6) is 0 Å². The third-order valence-electron chi connectivity index (χ3n) is 4.36. The standard InChI is InChI=1S/C19H17N5O4S/c1-12-18(14-5-7-15(20-3)8-6-14)19(26)24(23(12)4)17-10-9-16(11-21-17)29(27,28)22-13(2)25/h5-11H,1-2,4H3,(H,22,25). The van der Waals surface area contributed by atoms with Crippen LogP contribution in [0.2, 0.25) is 0 Å². The fraction of sp³-hybridized carbons (Fsp3) is 0.158. The minimum atomic E-state index is -4.01. The molecule has 148 valence electrons. The van der Waals surface area contributed by atoms with Gasteiger partial charge in [0, 0.05) is 25.9 Å². The first kappa shape index (κ1) is 20.0. The number of sulfonamides is 1. The summed E-state index contributed by atoms with van der Waals surface area (Å²) < 4.78 is 28.9. The topological polar surface area (TPSA) is 107 Å². The zero-order chi connectivity index (χ0) is 21.3. The maximum Gasteiger partial charge on any atom is 0.280 e. The predicted octanol–water partition coefficient (Wildman–Crippen LogP) is 1.92. The number of nitrogens with one attached hydrogen (secondary N) is 1. The first-order valence-corrected chi connectivity index (χ1v) is 9.90. The third kappa shape index (κ3) is 3.68. The Morgan fingerprint density at radius 1 is 1.17 bits per heavy atom. The van der Waals surface area contributed by atoms with E-state index in [0.717, 1.165) is 13.1 Å². The van der Waals surface area contributed by atoms with Crippen LogP contribution in [0.1, 0.15) is 12.6 Å². The maximum absolute atomic E-state index is 13.1. The summed E-state index contributed by atoms with van der Waals surface area (Å²) in [6.07, 6.45) is 1.08. The van der Waals surface area contributed by atoms with Crippen molar-refractivity contribution >= 4 is 21.6 Å². The molecule has 0 aliphatic carbocycles. The fourth-order valence-corrected chi connectivity index (χ4v) is 3.84. The van der Waals surface area contributed by atoms with E-state index in [4.69, 9.17) is 6.57 Å². The van der Waals surface area contributed by atoms with E-state index in [1.165, 1.54) is 16.8 Å². The van der Waals surface area contributed by atoms with Crippen LogP contribution in [-0.2, 0) is 21.9 Å². The number of rotatable bonds is 4. The van der Waals surface area contributed by atoms with Gasteiger partial charge in [-0.25, -0.2) is 23.0 Å². The zero-order valence-corrected chi connectivity index (χ0v) is 16.7. The summed E-state index contributed by atoms with van der Waals surface area (Å²) in [4.78, 5) is 31.4. The molecule has 0 unspecified atom stereocenters. The van der Waals surface area contributed by atoms with Crippen molar-refractivity contribution in [2.75, 3.05) is 0 Å². The van der Waals surface area contributed by atoms with Gasteiger partial charge in [0.15, 0.2) is 11.5 Å². The molecule has 1 N–H and O–H groups in total. The summed E-state index contributed by atoms with van der Waals surface area (Å²) in [5, 5.41) is 0. The number of nitrogens with zero attached hydrogens (tertiary/aromatic N) is 4. The second kappa shape index (κ2) is 7.37. The number of benzene rings is 1. The number of hydrogen-bond acceptors (Lipinski definition) is 5. The van der Waals surface area contributed by atoms with Gasteiger partial charge in [0.25, 0.3) is 15.6 Å². The van der Waals surface area contributed by atoms with Gasteiger partial charge in [-0.05, 0) is 24.6 Å². The van der Waals surface area contributed by atoms with E-state index in [1.54, 1.807) is 42.9 Å². The molecule has 29 heavy (non-hydrogen) atoms. The molecule has 1 aromatic carbocycles. The molecule has 0 radical (unpaired) electrons. The number of carbonyl (C=O) groups is 1. The molecule has 2 aromatic heterocycles. The Hall–Kier alpha value is -3.71. The van der Waals surface area contributed by atoms with Crippen molar-refractivity contribution < 1.29 is 13.2 Å². The second-order valence-corrected chi connectivity index (χ2v) is 7.96. The van der Waals surface area contributed by atoms with Crippen molar-refractivity contribution in [3.05, 3.63) is 70.1 Å². The zero-order valence-electron chi connectivity index (χ0n) is 15.9. The molecule has 3 rings (SSSR count). The minimum absolute atomic E-state index is 0.189. The monoisotopic (exact) mass is 411 g/mol. The molecule has 10 heteroatoms. The highest BCUT2D eigenvalue weighted by molar-refractivity contribution is 7.90. The highest BCUT2D eigenvalue weighted by Gasteiger charge is 2.20. The number of hydrogen-bond donors (Lipinski definition) is 1. The van der Waals surface area contributed by atoms with Gasteiger partial charge < -0.3 is 0 Å². The maximum atomic E-state index is 13.1. The van der Waals surface area contributed by atoms with E-state index >= 15 is 0 Å². The molecule has 0 bridgehead atoms. The Balaban J connectivity index is 2.07. The Bertz CT molecular complexity index is 1290. The molecule has 0 saturated heterocycles. The van der Waals surface area contributed by atoms with Gasteiger partial charge in [-0.1, -0.05) is 24.3 Å². The lowest BCUT2D eigenvalue weighted by Gasteiger charge is -2.08. The van der Waals surface area contributed by atoms with Gasteiger partial charge in [-0.3, -0.25) is 14.3 Å². The van der Waals surface area contributed by atoms with E-state index < -0.39 is 15.9 Å². The Morgan fingerprint density at radius 2 is 1.83 bits per heavy atom. The highest BCUT2D eigenvalue weighted by Crippen LogP contribution is 2.24. The Kier molecular flexibility index (Phi) is 5.09. The first-order valence-electron chi connectivity index (χ1n) is 8.42. The molecule has 0 fully saturated rings. The molecule has 1 amide bonds. The van der Waals surface area contributed by atoms with Crippen molar-refractivity contribution in [1.82, 2.24) is 19.1 Å². The molecule has 0 aliphatic rings. The van der Waals surface area contributed by atoms with Gasteiger partial charge >= 0.3 is 0 Å². The summed E-state index contributed by atoms with van der Waals surface area (Å²) in [5.74, 6) is -0.483. The molecule has 3 aromatic rings. The minimum Gasteiger partial charge on any atom is -0.283 e. The van der Waals surface area contributed by atoms with Crippen LogP contribution in [0.25, 0.3) is 21.8 Å². The summed E-state index contributed by atoms with van der Waals surface area (Å²) in [5.41, 5.74) is 1.95. The SMILES string of the molecule is [C-]#[N+]c1ccc(-c2c(C)n(C)n(-c3ccc(S(=O)(=O)NC(C)=O)cn3)c2=O)cc1. The van der Waals surface area contributed by atoms with Gasteiger partial charge in [0.05, 0.1) is 12.1 Å². The van der Waals surface area contributed by atoms with Gasteiger partial charge in [0.2, 0.25) is 5.91 Å². The quantitative estimate of drug-likeness (QED) is 0.660. The predicted molar refractivity (Wildman–Crippen MR) is 106 cm³/mol. The Labute approximate surface area is 167 Å². The van der Waals surface area contributed by atoms with Crippen LogP contribution >= 0.6 is 0 Å². The smallest absolute Gasteiger partial charge is 0.280 e. The third-order valence-corrected chi connectivity index (χ3v) is 5.78. The molecule has 0 atom stereocenters. The number of carbonyl (C=O) groups excluding carboxylic acids is 1. The normalized spacial score (nSPS) is 11.1. The van der Waals surface area contributed by atoms with Crippen LogP contribution in [0.15, 0.2) is 52.3 Å². The lowest BCUT2D eigenvalue weighted by atomic mass is 10.1. The molecule has 2 heterocycles. The lowest BCUT2D eigenvalue weighted by molar-refractivity contribution is -0.117. The van der Waals surface area contributed by atoms with Crippen LogP contribution in [0.4, 0.5) is 5.69 Å². The molecule has 0 saturated carbocycles. The van der Waals surface area contributed by atoms with Gasteiger partial charge in [-0.2, -0.15) is 4.68 Å². The summed E-state index contributed by atoms with van der Waals surface area (Å²) in [7, 11) is -2.32. The van der Waals surface area contributed by atoms with Crippen molar-refractivity contribution in [2.24, 2.45) is 7.05 Å². The van der Waals surface area contributed by atoms with E-state index in [-0.39, 0.29) is 16.3 Å². The number of amides is 1. The number of aromatic nitrogens is 3. The molecule has 0 spiro atoms. The van der Waals surface area contributed by atoms with Gasteiger partial charge in [-0.15, -0.1) is 0 Å². The largest absolute Gasteiger partial charge is 0.283 e. The number of pyridine rings is 1. The fourth-order valence-electron chi connectivity index (χ4n) is 2.91. The molecule has 9 nitrogen and oxygen atoms in total. The average Bonchev–Trinajstić information content (AvgIpc) is 2.90. The van der Waals surface area contributed by atoms with Crippen LogP contribution in [0, 0.1) is 13.5 Å². The van der Waals surface area contributed by atoms with Gasteiger partial charge in [0.1, 0.15) is 4.90 Å².